The molecule has 6 heteroatoms. The van der Waals surface area contributed by atoms with Gasteiger partial charge in [-0.05, 0) is 30.5 Å². The molecule has 1 unspecified atom stereocenters. The van der Waals surface area contributed by atoms with Crippen LogP contribution in [0.3, 0.4) is 0 Å². The Morgan fingerprint density at radius 3 is 2.50 bits per heavy atom. The van der Waals surface area contributed by atoms with Crippen LogP contribution in [0.15, 0.2) is 24.3 Å². The third-order valence-corrected chi connectivity index (χ3v) is 3.55. The summed E-state index contributed by atoms with van der Waals surface area (Å²) in [6, 6.07) is 3.46. The smallest absolute Gasteiger partial charge is 0.416 e. The van der Waals surface area contributed by atoms with Crippen molar-refractivity contribution >= 4 is 5.97 Å². The van der Waals surface area contributed by atoms with Crippen molar-refractivity contribution in [3.05, 3.63) is 35.4 Å². The number of benzene rings is 1. The first kappa shape index (κ1) is 14.8. The lowest BCUT2D eigenvalue weighted by Gasteiger charge is -2.20. The van der Waals surface area contributed by atoms with Crippen LogP contribution in [-0.2, 0) is 11.0 Å². The Morgan fingerprint density at radius 1 is 1.30 bits per heavy atom. The monoisotopic (exact) mass is 287 g/mol. The predicted molar refractivity (Wildman–Crippen MR) is 67.2 cm³/mol. The van der Waals surface area contributed by atoms with Gasteiger partial charge < -0.3 is 5.11 Å². The third kappa shape index (κ3) is 3.50. The number of aliphatic carboxylic acids is 1. The summed E-state index contributed by atoms with van der Waals surface area (Å²) in [5, 5.41) is 12.2. The predicted octanol–water partition coefficient (Wildman–Crippen LogP) is 3.36. The molecule has 1 atom stereocenters. The third-order valence-electron chi connectivity index (χ3n) is 3.55. The Labute approximate surface area is 114 Å². The number of nitrogens with one attached hydrogen (secondary N) is 1. The van der Waals surface area contributed by atoms with Crippen LogP contribution in [0.25, 0.3) is 0 Å². The Morgan fingerprint density at radius 2 is 1.95 bits per heavy atom. The van der Waals surface area contributed by atoms with Crippen molar-refractivity contribution in [3.63, 3.8) is 0 Å². The van der Waals surface area contributed by atoms with E-state index in [1.54, 1.807) is 0 Å². The molecule has 2 rings (SSSR count). The SMILES string of the molecule is O=C(O)C(NC1CCCC1)c1cccc(C(F)(F)F)c1. The van der Waals surface area contributed by atoms with Crippen molar-refractivity contribution in [2.45, 2.75) is 43.9 Å². The van der Waals surface area contributed by atoms with E-state index in [1.807, 2.05) is 0 Å². The highest BCUT2D eigenvalue weighted by Gasteiger charge is 2.32. The van der Waals surface area contributed by atoms with Crippen molar-refractivity contribution in [1.29, 1.82) is 0 Å². The summed E-state index contributed by atoms with van der Waals surface area (Å²) in [5.41, 5.74) is -0.686. The van der Waals surface area contributed by atoms with Crippen molar-refractivity contribution in [3.8, 4) is 0 Å². The summed E-state index contributed by atoms with van der Waals surface area (Å²) in [6.07, 6.45) is -0.697. The molecule has 1 aliphatic carbocycles. The highest BCUT2D eigenvalue weighted by Crippen LogP contribution is 2.31. The summed E-state index contributed by atoms with van der Waals surface area (Å²) in [6.45, 7) is 0. The zero-order valence-electron chi connectivity index (χ0n) is 10.8. The van der Waals surface area contributed by atoms with E-state index in [0.717, 1.165) is 37.8 Å². The second kappa shape index (κ2) is 5.83. The van der Waals surface area contributed by atoms with E-state index in [1.165, 1.54) is 12.1 Å². The van der Waals surface area contributed by atoms with Gasteiger partial charge >= 0.3 is 12.1 Å². The standard InChI is InChI=1S/C14H16F3NO2/c15-14(16,17)10-5-3-4-9(8-10)12(13(19)20)18-11-6-1-2-7-11/h3-5,8,11-12,18H,1-2,6-7H2,(H,19,20). The quantitative estimate of drug-likeness (QED) is 0.892. The summed E-state index contributed by atoms with van der Waals surface area (Å²) in [5.74, 6) is -1.16. The second-order valence-electron chi connectivity index (χ2n) is 5.04. The van der Waals surface area contributed by atoms with Gasteiger partial charge in [-0.25, -0.2) is 0 Å². The molecule has 0 spiro atoms. The summed E-state index contributed by atoms with van der Waals surface area (Å²) < 4.78 is 38.0. The fourth-order valence-electron chi connectivity index (χ4n) is 2.53. The molecule has 1 aromatic rings. The van der Waals surface area contributed by atoms with Crippen LogP contribution in [0.2, 0.25) is 0 Å². The van der Waals surface area contributed by atoms with Crippen LogP contribution >= 0.6 is 0 Å². The summed E-state index contributed by atoms with van der Waals surface area (Å²) >= 11 is 0. The highest BCUT2D eigenvalue weighted by atomic mass is 19.4. The van der Waals surface area contributed by atoms with E-state index < -0.39 is 23.8 Å². The first-order chi connectivity index (χ1) is 9.38. The van der Waals surface area contributed by atoms with Gasteiger partial charge in [0, 0.05) is 6.04 Å². The normalized spacial score (nSPS) is 18.1. The molecule has 0 aromatic heterocycles. The van der Waals surface area contributed by atoms with E-state index in [-0.39, 0.29) is 11.6 Å². The van der Waals surface area contributed by atoms with Crippen LogP contribution in [0, 0.1) is 0 Å². The van der Waals surface area contributed by atoms with Gasteiger partial charge in [0.05, 0.1) is 5.56 Å². The maximum absolute atomic E-state index is 12.7. The Hall–Kier alpha value is -1.56. The maximum atomic E-state index is 12.7. The molecule has 110 valence electrons. The number of carboxylic acids is 1. The Bertz CT molecular complexity index is 482. The molecular weight excluding hydrogens is 271 g/mol. The topological polar surface area (TPSA) is 49.3 Å². The van der Waals surface area contributed by atoms with E-state index in [2.05, 4.69) is 5.32 Å². The molecule has 0 amide bonds. The molecular formula is C14H16F3NO2. The van der Waals surface area contributed by atoms with Crippen LogP contribution in [0.1, 0.15) is 42.9 Å². The number of alkyl halides is 3. The number of halogens is 3. The van der Waals surface area contributed by atoms with E-state index in [9.17, 15) is 23.1 Å². The highest BCUT2D eigenvalue weighted by molar-refractivity contribution is 5.75. The average Bonchev–Trinajstić information content (AvgIpc) is 2.87. The molecule has 0 radical (unpaired) electrons. The summed E-state index contributed by atoms with van der Waals surface area (Å²) in [7, 11) is 0. The molecule has 0 saturated heterocycles. The van der Waals surface area contributed by atoms with Crippen LogP contribution in [-0.4, -0.2) is 17.1 Å². The molecule has 1 aliphatic rings. The lowest BCUT2D eigenvalue weighted by atomic mass is 10.0. The van der Waals surface area contributed by atoms with Gasteiger partial charge in [0.1, 0.15) is 6.04 Å². The Kier molecular flexibility index (Phi) is 4.32. The molecule has 0 bridgehead atoms. The van der Waals surface area contributed by atoms with Gasteiger partial charge in [-0.1, -0.05) is 25.0 Å². The van der Waals surface area contributed by atoms with Gasteiger partial charge in [0.25, 0.3) is 0 Å². The van der Waals surface area contributed by atoms with Crippen molar-refractivity contribution < 1.29 is 23.1 Å². The lowest BCUT2D eigenvalue weighted by molar-refractivity contribution is -0.141. The van der Waals surface area contributed by atoms with Crippen molar-refractivity contribution in [2.24, 2.45) is 0 Å². The van der Waals surface area contributed by atoms with Crippen molar-refractivity contribution in [2.75, 3.05) is 0 Å². The molecule has 2 N–H and O–H groups in total. The maximum Gasteiger partial charge on any atom is 0.416 e. The van der Waals surface area contributed by atoms with E-state index in [4.69, 9.17) is 0 Å². The van der Waals surface area contributed by atoms with E-state index in [0.29, 0.717) is 0 Å². The number of hydrogen-bond donors (Lipinski definition) is 2. The largest absolute Gasteiger partial charge is 0.480 e. The minimum Gasteiger partial charge on any atom is -0.480 e. The second-order valence-corrected chi connectivity index (χ2v) is 5.04. The molecule has 20 heavy (non-hydrogen) atoms. The first-order valence-electron chi connectivity index (χ1n) is 6.54. The fraction of sp³-hybridized carbons (Fsp3) is 0.500. The number of carbonyl (C=O) groups is 1. The van der Waals surface area contributed by atoms with Gasteiger partial charge in [-0.3, -0.25) is 10.1 Å². The zero-order chi connectivity index (χ0) is 14.8. The van der Waals surface area contributed by atoms with Crippen LogP contribution < -0.4 is 5.32 Å². The summed E-state index contributed by atoms with van der Waals surface area (Å²) in [4.78, 5) is 11.3. The lowest BCUT2D eigenvalue weighted by Crippen LogP contribution is -2.35. The zero-order valence-corrected chi connectivity index (χ0v) is 10.8. The van der Waals surface area contributed by atoms with E-state index >= 15 is 0 Å². The molecule has 1 aromatic carbocycles. The minimum absolute atomic E-state index is 0.0608. The molecule has 0 aliphatic heterocycles. The van der Waals surface area contributed by atoms with Crippen molar-refractivity contribution in [1.82, 2.24) is 5.32 Å². The molecule has 1 fully saturated rings. The first-order valence-corrected chi connectivity index (χ1v) is 6.54. The molecule has 0 heterocycles. The molecule has 3 nitrogen and oxygen atoms in total. The van der Waals surface area contributed by atoms with Crippen LogP contribution in [0.4, 0.5) is 13.2 Å². The van der Waals surface area contributed by atoms with Gasteiger partial charge in [0.2, 0.25) is 0 Å². The average molecular weight is 287 g/mol. The van der Waals surface area contributed by atoms with Gasteiger partial charge in [-0.15, -0.1) is 0 Å². The Balaban J connectivity index is 2.22. The number of carboxylic acid groups (broad SMARTS) is 1. The molecule has 1 saturated carbocycles. The van der Waals surface area contributed by atoms with Gasteiger partial charge in [-0.2, -0.15) is 13.2 Å². The fourth-order valence-corrected chi connectivity index (χ4v) is 2.53. The van der Waals surface area contributed by atoms with Gasteiger partial charge in [0.15, 0.2) is 0 Å². The minimum atomic E-state index is -4.47. The number of rotatable bonds is 4. The number of hydrogen-bond acceptors (Lipinski definition) is 2. The van der Waals surface area contributed by atoms with Crippen LogP contribution in [0.5, 0.6) is 0 Å².